The minimum atomic E-state index is 0.452. The Labute approximate surface area is 268 Å². The summed E-state index contributed by atoms with van der Waals surface area (Å²) in [6.07, 6.45) is 39.5. The average Bonchev–Trinajstić information content (AvgIpc) is 3.31. The van der Waals surface area contributed by atoms with Crippen molar-refractivity contribution in [1.82, 2.24) is 15.3 Å². The monoisotopic (exact) mass is 593 g/mol. The van der Waals surface area contributed by atoms with Crippen LogP contribution in [-0.4, -0.2) is 34.4 Å². The Morgan fingerprint density at radius 3 is 2.48 bits per heavy atom. The molecule has 10 aliphatic rings. The summed E-state index contributed by atoms with van der Waals surface area (Å²) < 4.78 is 0. The fourth-order valence-electron chi connectivity index (χ4n) is 14.5. The minimum absolute atomic E-state index is 0.452. The minimum Gasteiger partial charge on any atom is -0.280 e. The molecular weight excluding hydrogens is 534 g/mol. The third-order valence-corrected chi connectivity index (χ3v) is 15.9. The number of nitrogens with one attached hydrogen (secondary N) is 1. The molecule has 3 heteroatoms. The predicted molar refractivity (Wildman–Crippen MR) is 179 cm³/mol. The van der Waals surface area contributed by atoms with Crippen LogP contribution in [0, 0.1) is 59.2 Å². The van der Waals surface area contributed by atoms with Crippen LogP contribution < -0.4 is 5.32 Å². The summed E-state index contributed by atoms with van der Waals surface area (Å²) in [4.78, 5) is 0. The maximum absolute atomic E-state index is 4.27. The molecule has 2 saturated heterocycles. The van der Waals surface area contributed by atoms with Crippen LogP contribution in [0.25, 0.3) is 0 Å². The Hall–Kier alpha value is -1.16. The van der Waals surface area contributed by atoms with Crippen LogP contribution in [0.2, 0.25) is 0 Å². The van der Waals surface area contributed by atoms with Gasteiger partial charge in [0.15, 0.2) is 0 Å². The van der Waals surface area contributed by atoms with E-state index in [0.29, 0.717) is 12.3 Å². The highest BCUT2D eigenvalue weighted by molar-refractivity contribution is 5.31. The van der Waals surface area contributed by atoms with E-state index in [2.05, 4.69) is 52.6 Å². The van der Waals surface area contributed by atoms with Gasteiger partial charge in [0.05, 0.1) is 12.3 Å². The first kappa shape index (κ1) is 27.9. The van der Waals surface area contributed by atoms with Gasteiger partial charge in [-0.2, -0.15) is 0 Å². The van der Waals surface area contributed by atoms with Crippen molar-refractivity contribution in [3.63, 3.8) is 0 Å². The molecule has 0 bridgehead atoms. The second-order valence-electron chi connectivity index (χ2n) is 17.5. The highest BCUT2D eigenvalue weighted by Crippen LogP contribution is 2.67. The number of fused-ring (bicyclic) bond motifs is 4. The number of hydrazine groups is 1. The van der Waals surface area contributed by atoms with E-state index in [-0.39, 0.29) is 0 Å². The number of hydrogen-bond acceptors (Lipinski definition) is 3. The summed E-state index contributed by atoms with van der Waals surface area (Å²) in [5.41, 5.74) is 5.68. The van der Waals surface area contributed by atoms with Crippen molar-refractivity contribution in [2.24, 2.45) is 59.2 Å². The van der Waals surface area contributed by atoms with E-state index in [1.54, 1.807) is 12.0 Å². The fraction of sp³-hybridized carbons (Fsp3) is 0.805. The summed E-state index contributed by atoms with van der Waals surface area (Å²) in [5.74, 6) is 9.18. The highest BCUT2D eigenvalue weighted by Gasteiger charge is 2.67. The molecule has 13 unspecified atom stereocenters. The topological polar surface area (TPSA) is 18.5 Å². The zero-order chi connectivity index (χ0) is 28.9. The van der Waals surface area contributed by atoms with Crippen molar-refractivity contribution in [3.8, 4) is 0 Å². The molecule has 8 aliphatic carbocycles. The van der Waals surface area contributed by atoms with Gasteiger partial charge in [0.2, 0.25) is 0 Å². The van der Waals surface area contributed by atoms with E-state index in [1.807, 2.05) is 11.1 Å². The first-order valence-electron chi connectivity index (χ1n) is 19.8. The summed E-state index contributed by atoms with van der Waals surface area (Å²) in [6, 6.07) is 1.58. The summed E-state index contributed by atoms with van der Waals surface area (Å²) in [7, 11) is 0. The van der Waals surface area contributed by atoms with E-state index < -0.39 is 0 Å². The Morgan fingerprint density at radius 2 is 1.59 bits per heavy atom. The third kappa shape index (κ3) is 4.03. The molecule has 13 atom stereocenters. The highest BCUT2D eigenvalue weighted by atomic mass is 15.8. The first-order chi connectivity index (χ1) is 21.8. The van der Waals surface area contributed by atoms with Crippen LogP contribution in [-0.2, 0) is 0 Å². The van der Waals surface area contributed by atoms with E-state index in [0.717, 1.165) is 71.3 Å². The number of allylic oxidation sites excluding steroid dienone is 7. The van der Waals surface area contributed by atoms with Crippen LogP contribution >= 0.6 is 0 Å². The fourth-order valence-corrected chi connectivity index (χ4v) is 14.5. The normalized spacial score (nSPS) is 50.3. The Balaban J connectivity index is 1.07. The van der Waals surface area contributed by atoms with Crippen molar-refractivity contribution < 1.29 is 0 Å². The van der Waals surface area contributed by atoms with Gasteiger partial charge in [-0.15, -0.1) is 0 Å². The molecule has 0 amide bonds. The molecule has 238 valence electrons. The lowest BCUT2D eigenvalue weighted by Crippen LogP contribution is -2.78. The number of rotatable bonds is 3. The zero-order valence-corrected chi connectivity index (χ0v) is 27.6. The predicted octanol–water partition coefficient (Wildman–Crippen LogP) is 9.16. The van der Waals surface area contributed by atoms with Crippen molar-refractivity contribution in [2.75, 3.05) is 0 Å². The molecule has 10 rings (SSSR count). The van der Waals surface area contributed by atoms with Gasteiger partial charge in [-0.1, -0.05) is 74.1 Å². The van der Waals surface area contributed by atoms with Gasteiger partial charge in [-0.25, -0.2) is 10.0 Å². The standard InChI is InChI=1S/C41H59N3/c1-25-11-8-17-30-29(25)22-23-32-31-18-10-20-34-38(31)39-35(24-21-26-16-9-19-33(36(26)39)37(30)32)43(34)44-40(27-12-4-2-5-13-27)42-41(44)28-14-6-3-7-15-28/h2,4,9,12,16,25-26,28,31-42H,3,5-8,10-11,13-15,17-24H2,1H3. The smallest absolute Gasteiger partial charge is 0.0987 e. The van der Waals surface area contributed by atoms with E-state index in [9.17, 15) is 0 Å². The van der Waals surface area contributed by atoms with Crippen LogP contribution in [0.4, 0.5) is 0 Å². The molecule has 44 heavy (non-hydrogen) atoms. The van der Waals surface area contributed by atoms with Gasteiger partial charge < -0.3 is 0 Å². The van der Waals surface area contributed by atoms with Crippen LogP contribution in [0.15, 0.2) is 47.1 Å². The average molecular weight is 594 g/mol. The van der Waals surface area contributed by atoms with Gasteiger partial charge in [0.1, 0.15) is 0 Å². The van der Waals surface area contributed by atoms with Gasteiger partial charge in [0.25, 0.3) is 0 Å². The number of nitrogens with zero attached hydrogens (tertiary/aromatic N) is 2. The molecule has 2 aliphatic heterocycles. The van der Waals surface area contributed by atoms with Gasteiger partial charge in [-0.3, -0.25) is 5.32 Å². The maximum atomic E-state index is 4.27. The molecule has 3 nitrogen and oxygen atoms in total. The molecule has 0 aromatic rings. The van der Waals surface area contributed by atoms with Gasteiger partial charge in [0, 0.05) is 12.1 Å². The molecule has 4 saturated carbocycles. The lowest BCUT2D eigenvalue weighted by atomic mass is 9.55. The first-order valence-corrected chi connectivity index (χ1v) is 19.8. The second kappa shape index (κ2) is 10.9. The maximum Gasteiger partial charge on any atom is 0.0987 e. The molecule has 0 aromatic carbocycles. The molecule has 1 N–H and O–H groups in total. The van der Waals surface area contributed by atoms with Crippen molar-refractivity contribution in [1.29, 1.82) is 0 Å². The molecule has 2 heterocycles. The van der Waals surface area contributed by atoms with Crippen LogP contribution in [0.5, 0.6) is 0 Å². The van der Waals surface area contributed by atoms with E-state index >= 15 is 0 Å². The number of hydrogen-bond donors (Lipinski definition) is 1. The van der Waals surface area contributed by atoms with Gasteiger partial charge >= 0.3 is 0 Å². The Bertz CT molecular complexity index is 1250. The Kier molecular flexibility index (Phi) is 6.94. The lowest BCUT2D eigenvalue weighted by molar-refractivity contribution is -0.228. The van der Waals surface area contributed by atoms with E-state index in [4.69, 9.17) is 0 Å². The summed E-state index contributed by atoms with van der Waals surface area (Å²) in [6.45, 7) is 2.59. The molecular formula is C41H59N3. The van der Waals surface area contributed by atoms with Crippen molar-refractivity contribution in [3.05, 3.63) is 47.1 Å². The zero-order valence-electron chi connectivity index (χ0n) is 27.6. The Morgan fingerprint density at radius 1 is 0.682 bits per heavy atom. The quantitative estimate of drug-likeness (QED) is 0.329. The van der Waals surface area contributed by atoms with Gasteiger partial charge in [-0.05, 0) is 155 Å². The second-order valence-corrected chi connectivity index (χ2v) is 17.5. The van der Waals surface area contributed by atoms with Crippen molar-refractivity contribution in [2.45, 2.75) is 147 Å². The van der Waals surface area contributed by atoms with Crippen molar-refractivity contribution >= 4 is 0 Å². The SMILES string of the molecule is CC1CCCC2=C1CCC1C3CCCC4C3C3C5C(C=CCC5C21)CCC3N4N1C(C2=CC=CCC2)NC1C1CCCCC1. The summed E-state index contributed by atoms with van der Waals surface area (Å²) >= 11 is 0. The molecule has 6 fully saturated rings. The summed E-state index contributed by atoms with van der Waals surface area (Å²) in [5, 5.41) is 10.6. The van der Waals surface area contributed by atoms with Crippen LogP contribution in [0.3, 0.4) is 0 Å². The largest absolute Gasteiger partial charge is 0.280 e. The molecule has 0 spiro atoms. The molecule has 0 aromatic heterocycles. The third-order valence-electron chi connectivity index (χ3n) is 15.9. The lowest BCUT2D eigenvalue weighted by Gasteiger charge is -2.61. The van der Waals surface area contributed by atoms with Crippen LogP contribution in [0.1, 0.15) is 122 Å². The van der Waals surface area contributed by atoms with E-state index in [1.165, 1.54) is 109 Å². The molecule has 0 radical (unpaired) electrons.